The van der Waals surface area contributed by atoms with E-state index in [9.17, 15) is 4.79 Å². The summed E-state index contributed by atoms with van der Waals surface area (Å²) in [6.45, 7) is 12.1. The third-order valence-electron chi connectivity index (χ3n) is 4.41. The Hall–Kier alpha value is -2.10. The van der Waals surface area contributed by atoms with Crippen LogP contribution in [0.15, 0.2) is 62.2 Å². The highest BCUT2D eigenvalue weighted by Crippen LogP contribution is 2.44. The molecule has 1 aliphatic heterocycles. The summed E-state index contributed by atoms with van der Waals surface area (Å²) in [5.74, 6) is -0.121. The average Bonchev–Trinajstić information content (AvgIpc) is 2.99. The Balaban J connectivity index is 2.23. The van der Waals surface area contributed by atoms with Gasteiger partial charge >= 0.3 is 0 Å². The second-order valence-corrected chi connectivity index (χ2v) is 7.40. The van der Waals surface area contributed by atoms with Gasteiger partial charge < -0.3 is 4.90 Å². The van der Waals surface area contributed by atoms with Gasteiger partial charge in [0.2, 0.25) is 5.91 Å². The lowest BCUT2D eigenvalue weighted by Gasteiger charge is -2.40. The summed E-state index contributed by atoms with van der Waals surface area (Å²) in [5, 5.41) is 0. The standard InChI is InChI=1S/C20H18ClNOS/c1-4-13-9-7-8-10-14(13)20-15-11-18(21)24-17(15)12-22(16(20)5-2)19(23)6-3/h4-11,16,20H,1-3,12H2/t16-,20-/m0/s1. The van der Waals surface area contributed by atoms with E-state index in [0.29, 0.717) is 6.54 Å². The highest BCUT2D eigenvalue weighted by molar-refractivity contribution is 7.16. The Bertz CT molecular complexity index is 823. The Morgan fingerprint density at radius 2 is 2.00 bits per heavy atom. The molecule has 0 saturated carbocycles. The van der Waals surface area contributed by atoms with Crippen LogP contribution in [-0.4, -0.2) is 16.8 Å². The minimum absolute atomic E-state index is 0.0203. The maximum atomic E-state index is 12.4. The van der Waals surface area contributed by atoms with Crippen molar-refractivity contribution in [2.75, 3.05) is 0 Å². The van der Waals surface area contributed by atoms with Gasteiger partial charge in [-0.15, -0.1) is 17.9 Å². The van der Waals surface area contributed by atoms with Crippen molar-refractivity contribution < 1.29 is 4.79 Å². The average molecular weight is 356 g/mol. The van der Waals surface area contributed by atoms with Gasteiger partial charge in [0.05, 0.1) is 16.9 Å². The van der Waals surface area contributed by atoms with Crippen LogP contribution < -0.4 is 0 Å². The van der Waals surface area contributed by atoms with Crippen LogP contribution in [0.4, 0.5) is 0 Å². The summed E-state index contributed by atoms with van der Waals surface area (Å²) >= 11 is 7.80. The van der Waals surface area contributed by atoms with Gasteiger partial charge in [-0.1, -0.05) is 61.2 Å². The van der Waals surface area contributed by atoms with Crippen LogP contribution in [0.3, 0.4) is 0 Å². The van der Waals surface area contributed by atoms with E-state index in [2.05, 4.69) is 25.8 Å². The second-order valence-electron chi connectivity index (χ2n) is 5.64. The molecule has 0 aliphatic carbocycles. The Kier molecular flexibility index (Phi) is 4.74. The number of carbonyl (C=O) groups is 1. The van der Waals surface area contributed by atoms with Gasteiger partial charge in [-0.25, -0.2) is 0 Å². The number of halogens is 1. The summed E-state index contributed by atoms with van der Waals surface area (Å²) in [6, 6.07) is 9.96. The van der Waals surface area contributed by atoms with Crippen LogP contribution in [0.1, 0.15) is 27.5 Å². The molecule has 0 radical (unpaired) electrons. The molecule has 1 amide bonds. The maximum Gasteiger partial charge on any atom is 0.246 e. The number of hydrogen-bond donors (Lipinski definition) is 0. The first-order chi connectivity index (χ1) is 11.6. The number of nitrogens with zero attached hydrogens (tertiary/aromatic N) is 1. The zero-order chi connectivity index (χ0) is 17.3. The highest BCUT2D eigenvalue weighted by atomic mass is 35.5. The minimum Gasteiger partial charge on any atom is -0.327 e. The molecule has 4 heteroatoms. The Labute approximate surface area is 151 Å². The van der Waals surface area contributed by atoms with Gasteiger partial charge in [-0.3, -0.25) is 4.79 Å². The first-order valence-electron chi connectivity index (χ1n) is 7.65. The molecule has 0 bridgehead atoms. The summed E-state index contributed by atoms with van der Waals surface area (Å²) in [5.41, 5.74) is 3.34. The summed E-state index contributed by atoms with van der Waals surface area (Å²) in [6.07, 6.45) is 5.03. The lowest BCUT2D eigenvalue weighted by Crippen LogP contribution is -2.44. The third-order valence-corrected chi connectivity index (χ3v) is 5.68. The molecule has 2 nitrogen and oxygen atoms in total. The molecule has 122 valence electrons. The topological polar surface area (TPSA) is 20.3 Å². The molecule has 0 saturated heterocycles. The number of rotatable bonds is 4. The van der Waals surface area contributed by atoms with Gasteiger partial charge in [0.15, 0.2) is 0 Å². The van der Waals surface area contributed by atoms with Crippen LogP contribution >= 0.6 is 22.9 Å². The number of amides is 1. The zero-order valence-electron chi connectivity index (χ0n) is 13.2. The SMILES string of the molecule is C=CC(=O)N1Cc2sc(Cl)cc2[C@H](c2ccccc2C=C)[C@@H]1C=C. The van der Waals surface area contributed by atoms with E-state index in [-0.39, 0.29) is 17.9 Å². The number of carbonyl (C=O) groups excluding carboxylic acids is 1. The molecule has 1 aromatic carbocycles. The third kappa shape index (κ3) is 2.74. The van der Waals surface area contributed by atoms with E-state index in [4.69, 9.17) is 11.6 Å². The van der Waals surface area contributed by atoms with Crippen LogP contribution in [0.2, 0.25) is 4.34 Å². The molecular formula is C20H18ClNOS. The molecule has 1 aliphatic rings. The number of thiophene rings is 1. The predicted octanol–water partition coefficient (Wildman–Crippen LogP) is 5.26. The van der Waals surface area contributed by atoms with Crippen molar-refractivity contribution in [3.63, 3.8) is 0 Å². The zero-order valence-corrected chi connectivity index (χ0v) is 14.8. The predicted molar refractivity (Wildman–Crippen MR) is 102 cm³/mol. The van der Waals surface area contributed by atoms with Gasteiger partial charge in [0.25, 0.3) is 0 Å². The molecule has 0 N–H and O–H groups in total. The van der Waals surface area contributed by atoms with Gasteiger partial charge in [0.1, 0.15) is 0 Å². The van der Waals surface area contributed by atoms with Crippen LogP contribution in [0.25, 0.3) is 6.08 Å². The molecule has 0 spiro atoms. The molecule has 2 heterocycles. The minimum atomic E-state index is -0.158. The second kappa shape index (κ2) is 6.80. The van der Waals surface area contributed by atoms with Crippen molar-refractivity contribution in [2.45, 2.75) is 18.5 Å². The number of benzene rings is 1. The van der Waals surface area contributed by atoms with E-state index in [1.165, 1.54) is 17.4 Å². The molecule has 0 unspecified atom stereocenters. The van der Waals surface area contributed by atoms with Crippen molar-refractivity contribution in [3.05, 3.63) is 88.1 Å². The fraction of sp³-hybridized carbons (Fsp3) is 0.150. The van der Waals surface area contributed by atoms with Crippen LogP contribution in [0.5, 0.6) is 0 Å². The van der Waals surface area contributed by atoms with E-state index in [1.54, 1.807) is 4.90 Å². The Morgan fingerprint density at radius 3 is 2.67 bits per heavy atom. The quantitative estimate of drug-likeness (QED) is 0.541. The molecule has 2 atom stereocenters. The molecule has 24 heavy (non-hydrogen) atoms. The summed E-state index contributed by atoms with van der Waals surface area (Å²) in [7, 11) is 0. The molecule has 3 rings (SSSR count). The first kappa shape index (κ1) is 16.7. The molecule has 0 fully saturated rings. The lowest BCUT2D eigenvalue weighted by atomic mass is 9.79. The number of hydrogen-bond acceptors (Lipinski definition) is 2. The van der Waals surface area contributed by atoms with E-state index >= 15 is 0 Å². The largest absolute Gasteiger partial charge is 0.327 e. The van der Waals surface area contributed by atoms with Crippen LogP contribution in [0, 0.1) is 0 Å². The van der Waals surface area contributed by atoms with Gasteiger partial charge in [0, 0.05) is 10.8 Å². The molecular weight excluding hydrogens is 338 g/mol. The summed E-state index contributed by atoms with van der Waals surface area (Å²) < 4.78 is 0.733. The van der Waals surface area contributed by atoms with E-state index in [1.807, 2.05) is 36.4 Å². The van der Waals surface area contributed by atoms with Gasteiger partial charge in [-0.2, -0.15) is 0 Å². The first-order valence-corrected chi connectivity index (χ1v) is 8.85. The van der Waals surface area contributed by atoms with Crippen LogP contribution in [-0.2, 0) is 11.3 Å². The highest BCUT2D eigenvalue weighted by Gasteiger charge is 2.38. The molecule has 1 aromatic heterocycles. The lowest BCUT2D eigenvalue weighted by molar-refractivity contribution is -0.128. The van der Waals surface area contributed by atoms with Gasteiger partial charge in [-0.05, 0) is 28.8 Å². The van der Waals surface area contributed by atoms with Crippen molar-refractivity contribution in [1.29, 1.82) is 0 Å². The monoisotopic (exact) mass is 355 g/mol. The number of fused-ring (bicyclic) bond motifs is 1. The molecule has 2 aromatic rings. The fourth-order valence-electron chi connectivity index (χ4n) is 3.36. The van der Waals surface area contributed by atoms with E-state index in [0.717, 1.165) is 25.9 Å². The Morgan fingerprint density at radius 1 is 1.25 bits per heavy atom. The van der Waals surface area contributed by atoms with Crippen molar-refractivity contribution in [2.24, 2.45) is 0 Å². The maximum absolute atomic E-state index is 12.4. The van der Waals surface area contributed by atoms with Crippen molar-refractivity contribution in [3.8, 4) is 0 Å². The summed E-state index contributed by atoms with van der Waals surface area (Å²) in [4.78, 5) is 15.3. The van der Waals surface area contributed by atoms with Crippen molar-refractivity contribution in [1.82, 2.24) is 4.90 Å². The van der Waals surface area contributed by atoms with E-state index < -0.39 is 0 Å². The fourth-order valence-corrected chi connectivity index (χ4v) is 4.68. The van der Waals surface area contributed by atoms with Crippen molar-refractivity contribution >= 4 is 34.9 Å². The smallest absolute Gasteiger partial charge is 0.246 e. The normalized spacial score (nSPS) is 19.5.